The highest BCUT2D eigenvalue weighted by Crippen LogP contribution is 2.28. The highest BCUT2D eigenvalue weighted by molar-refractivity contribution is 5.73. The summed E-state index contributed by atoms with van der Waals surface area (Å²) in [5.74, 6) is 0. The molecule has 0 spiro atoms. The summed E-state index contributed by atoms with van der Waals surface area (Å²) in [7, 11) is 0. The lowest BCUT2D eigenvalue weighted by atomic mass is 10.2. The second-order valence-corrected chi connectivity index (χ2v) is 4.37. The van der Waals surface area contributed by atoms with Gasteiger partial charge in [0.05, 0.1) is 11.9 Å². The molecule has 2 rings (SSSR count). The van der Waals surface area contributed by atoms with Crippen LogP contribution in [0.4, 0.5) is 18.9 Å². The molecule has 0 bridgehead atoms. The zero-order valence-electron chi connectivity index (χ0n) is 10.9. The first-order valence-corrected chi connectivity index (χ1v) is 6.14. The molecule has 1 atom stereocenters. The number of anilines is 1. The third kappa shape index (κ3) is 3.31. The van der Waals surface area contributed by atoms with Crippen LogP contribution in [0.15, 0.2) is 23.3 Å². The normalized spacial score (nSPS) is 18.6. The Kier molecular flexibility index (Phi) is 4.01. The molecule has 1 aromatic rings. The van der Waals surface area contributed by atoms with Crippen molar-refractivity contribution in [3.05, 3.63) is 24.0 Å². The summed E-state index contributed by atoms with van der Waals surface area (Å²) in [5, 5.41) is 0. The number of aromatic nitrogens is 1. The fraction of sp³-hybridized carbons (Fsp3) is 0.500. The highest BCUT2D eigenvalue weighted by Gasteiger charge is 2.32. The van der Waals surface area contributed by atoms with Gasteiger partial charge < -0.3 is 15.4 Å². The van der Waals surface area contributed by atoms with Gasteiger partial charge in [-0.3, -0.25) is 0 Å². The molecule has 1 unspecified atom stereocenters. The minimum Gasteiger partial charge on any atom is -0.463 e. The predicted octanol–water partition coefficient (Wildman–Crippen LogP) is 1.64. The molecule has 0 aliphatic carbocycles. The molecule has 0 saturated heterocycles. The average molecular weight is 288 g/mol. The van der Waals surface area contributed by atoms with E-state index in [9.17, 15) is 13.2 Å². The largest absolute Gasteiger partial charge is 0.463 e. The van der Waals surface area contributed by atoms with Crippen LogP contribution in [-0.2, 0) is 10.9 Å². The molecule has 1 aliphatic heterocycles. The zero-order valence-corrected chi connectivity index (χ0v) is 10.9. The zero-order chi connectivity index (χ0) is 14.8. The van der Waals surface area contributed by atoms with Crippen molar-refractivity contribution in [2.45, 2.75) is 19.1 Å². The summed E-state index contributed by atoms with van der Waals surface area (Å²) in [4.78, 5) is 9.42. The number of pyridine rings is 1. The molecule has 5 nitrogen and oxygen atoms in total. The van der Waals surface area contributed by atoms with Gasteiger partial charge in [0, 0.05) is 13.1 Å². The maximum atomic E-state index is 12.4. The lowest BCUT2D eigenvalue weighted by molar-refractivity contribution is -0.141. The van der Waals surface area contributed by atoms with Crippen LogP contribution in [-0.4, -0.2) is 36.7 Å². The van der Waals surface area contributed by atoms with Crippen molar-refractivity contribution in [1.82, 2.24) is 4.98 Å². The molecule has 1 aromatic heterocycles. The molecule has 0 fully saturated rings. The van der Waals surface area contributed by atoms with Gasteiger partial charge in [-0.1, -0.05) is 0 Å². The molecule has 0 saturated carbocycles. The quantitative estimate of drug-likeness (QED) is 0.915. The number of hydrogen-bond acceptors (Lipinski definition) is 5. The van der Waals surface area contributed by atoms with Gasteiger partial charge in [0.1, 0.15) is 18.3 Å². The van der Waals surface area contributed by atoms with E-state index in [2.05, 4.69) is 9.98 Å². The number of rotatable bonds is 4. The van der Waals surface area contributed by atoms with Gasteiger partial charge in [0.15, 0.2) is 0 Å². The summed E-state index contributed by atoms with van der Waals surface area (Å²) < 4.78 is 42.4. The molecule has 2 heterocycles. The Hall–Kier alpha value is -1.99. The summed E-state index contributed by atoms with van der Waals surface area (Å²) in [6.45, 7) is 3.43. The molecular formula is C12H15F3N4O. The Morgan fingerprint density at radius 2 is 2.20 bits per heavy atom. The average Bonchev–Trinajstić information content (AvgIpc) is 2.81. The number of halogens is 3. The molecule has 0 aromatic carbocycles. The molecule has 110 valence electrons. The maximum Gasteiger partial charge on any atom is 0.433 e. The second-order valence-electron chi connectivity index (χ2n) is 4.37. The minimum atomic E-state index is -4.42. The van der Waals surface area contributed by atoms with E-state index in [4.69, 9.17) is 10.5 Å². The van der Waals surface area contributed by atoms with E-state index >= 15 is 0 Å². The monoisotopic (exact) mass is 288 g/mol. The van der Waals surface area contributed by atoms with Crippen LogP contribution in [0.1, 0.15) is 12.6 Å². The number of hydrogen-bond donors (Lipinski definition) is 1. The molecule has 0 radical (unpaired) electrons. The van der Waals surface area contributed by atoms with Gasteiger partial charge in [0.25, 0.3) is 6.02 Å². The summed E-state index contributed by atoms with van der Waals surface area (Å²) in [5.41, 5.74) is 5.13. The maximum absolute atomic E-state index is 12.4. The topological polar surface area (TPSA) is 63.7 Å². The number of ether oxygens (including phenoxy) is 1. The summed E-state index contributed by atoms with van der Waals surface area (Å²) in [6, 6.07) is 2.41. The lowest BCUT2D eigenvalue weighted by Gasteiger charge is -2.24. The van der Waals surface area contributed by atoms with Gasteiger partial charge >= 0.3 is 6.18 Å². The van der Waals surface area contributed by atoms with Gasteiger partial charge in [0.2, 0.25) is 0 Å². The van der Waals surface area contributed by atoms with Crippen molar-refractivity contribution in [2.75, 3.05) is 24.6 Å². The number of nitrogens with two attached hydrogens (primary N) is 1. The third-order valence-electron chi connectivity index (χ3n) is 2.95. The van der Waals surface area contributed by atoms with Crippen molar-refractivity contribution >= 4 is 11.7 Å². The Morgan fingerprint density at radius 1 is 1.45 bits per heavy atom. The van der Waals surface area contributed by atoms with E-state index in [1.807, 2.05) is 11.8 Å². The van der Waals surface area contributed by atoms with Crippen LogP contribution < -0.4 is 10.6 Å². The predicted molar refractivity (Wildman–Crippen MR) is 68.5 cm³/mol. The van der Waals surface area contributed by atoms with Crippen molar-refractivity contribution in [1.29, 1.82) is 0 Å². The molecule has 20 heavy (non-hydrogen) atoms. The number of aliphatic imine (C=N–C) groups is 1. The molecule has 0 amide bonds. The number of likely N-dealkylation sites (N-methyl/N-ethyl adjacent to an activating group) is 1. The molecule has 2 N–H and O–H groups in total. The number of alkyl halides is 3. The molecular weight excluding hydrogens is 273 g/mol. The Morgan fingerprint density at radius 3 is 2.65 bits per heavy atom. The van der Waals surface area contributed by atoms with E-state index in [-0.39, 0.29) is 12.1 Å². The first-order valence-electron chi connectivity index (χ1n) is 6.14. The fourth-order valence-corrected chi connectivity index (χ4v) is 1.94. The van der Waals surface area contributed by atoms with E-state index in [1.165, 1.54) is 12.3 Å². The minimum absolute atomic E-state index is 0.114. The Bertz CT molecular complexity index is 486. The van der Waals surface area contributed by atoms with Crippen molar-refractivity contribution in [3.63, 3.8) is 0 Å². The van der Waals surface area contributed by atoms with E-state index < -0.39 is 11.9 Å². The molecule has 8 heteroatoms. The van der Waals surface area contributed by atoms with Gasteiger partial charge in [-0.2, -0.15) is 13.2 Å². The number of nitrogens with zero attached hydrogens (tertiary/aromatic N) is 3. The number of amidine groups is 1. The van der Waals surface area contributed by atoms with E-state index in [0.29, 0.717) is 25.4 Å². The van der Waals surface area contributed by atoms with Crippen LogP contribution in [0, 0.1) is 0 Å². The van der Waals surface area contributed by atoms with Gasteiger partial charge in [-0.05, 0) is 19.1 Å². The van der Waals surface area contributed by atoms with Crippen LogP contribution in [0.5, 0.6) is 0 Å². The lowest BCUT2D eigenvalue weighted by Crippen LogP contribution is -2.32. The highest BCUT2D eigenvalue weighted by atomic mass is 19.4. The second kappa shape index (κ2) is 5.56. The first-order chi connectivity index (χ1) is 9.40. The smallest absolute Gasteiger partial charge is 0.433 e. The van der Waals surface area contributed by atoms with Crippen LogP contribution in [0.2, 0.25) is 0 Å². The van der Waals surface area contributed by atoms with Crippen LogP contribution in [0.25, 0.3) is 0 Å². The third-order valence-corrected chi connectivity index (χ3v) is 2.95. The Balaban J connectivity index is 2.08. The van der Waals surface area contributed by atoms with Gasteiger partial charge in [-0.15, -0.1) is 0 Å². The summed E-state index contributed by atoms with van der Waals surface area (Å²) in [6.07, 6.45) is -3.21. The fourth-order valence-electron chi connectivity index (χ4n) is 1.94. The first kappa shape index (κ1) is 14.4. The van der Waals surface area contributed by atoms with E-state index in [1.54, 1.807) is 0 Å². The summed E-state index contributed by atoms with van der Waals surface area (Å²) >= 11 is 0. The van der Waals surface area contributed by atoms with E-state index in [0.717, 1.165) is 6.07 Å². The van der Waals surface area contributed by atoms with Crippen molar-refractivity contribution in [3.8, 4) is 0 Å². The Labute approximate surface area is 114 Å². The van der Waals surface area contributed by atoms with Crippen molar-refractivity contribution < 1.29 is 17.9 Å². The SMILES string of the molecule is CCN(CC1COC(N)=N1)c1ccc(C(F)(F)F)nc1. The van der Waals surface area contributed by atoms with Crippen LogP contribution in [0.3, 0.4) is 0 Å². The van der Waals surface area contributed by atoms with Gasteiger partial charge in [-0.25, -0.2) is 9.98 Å². The van der Waals surface area contributed by atoms with Crippen molar-refractivity contribution in [2.24, 2.45) is 10.7 Å². The van der Waals surface area contributed by atoms with Crippen LogP contribution >= 0.6 is 0 Å². The molecule has 1 aliphatic rings. The standard InChI is InChI=1S/C12H15F3N4O/c1-2-19(6-8-7-20-11(16)18-8)9-3-4-10(17-5-9)12(13,14)15/h3-5,8H,2,6-7H2,1H3,(H2,16,18).